The summed E-state index contributed by atoms with van der Waals surface area (Å²) >= 11 is 3.55. The third-order valence-corrected chi connectivity index (χ3v) is 4.94. The van der Waals surface area contributed by atoms with Crippen molar-refractivity contribution < 1.29 is 0 Å². The maximum atomic E-state index is 3.67. The summed E-state index contributed by atoms with van der Waals surface area (Å²) < 4.78 is 1.18. The van der Waals surface area contributed by atoms with Gasteiger partial charge in [0.15, 0.2) is 0 Å². The second-order valence-corrected chi connectivity index (χ2v) is 6.79. The zero-order valence-electron chi connectivity index (χ0n) is 12.1. The Morgan fingerprint density at radius 1 is 1.05 bits per heavy atom. The third-order valence-electron chi connectivity index (χ3n) is 4.41. The molecule has 0 spiro atoms. The van der Waals surface area contributed by atoms with Crippen molar-refractivity contribution in [1.82, 2.24) is 5.32 Å². The van der Waals surface area contributed by atoms with E-state index < -0.39 is 0 Å². The van der Waals surface area contributed by atoms with Crippen LogP contribution in [0.4, 0.5) is 0 Å². The van der Waals surface area contributed by atoms with Crippen molar-refractivity contribution in [3.63, 3.8) is 0 Å². The van der Waals surface area contributed by atoms with Gasteiger partial charge in [-0.15, -0.1) is 0 Å². The minimum Gasteiger partial charge on any atom is -0.316 e. The van der Waals surface area contributed by atoms with Crippen molar-refractivity contribution in [1.29, 1.82) is 0 Å². The predicted molar refractivity (Wildman–Crippen MR) is 86.7 cm³/mol. The number of nitrogens with one attached hydrogen (secondary N) is 1. The molecule has 1 fully saturated rings. The summed E-state index contributed by atoms with van der Waals surface area (Å²) in [5, 5.41) is 3.67. The summed E-state index contributed by atoms with van der Waals surface area (Å²) in [7, 11) is 0. The van der Waals surface area contributed by atoms with Crippen LogP contribution in [-0.4, -0.2) is 13.1 Å². The van der Waals surface area contributed by atoms with Crippen LogP contribution in [0.3, 0.4) is 0 Å². The molecule has 0 unspecified atom stereocenters. The highest BCUT2D eigenvalue weighted by Gasteiger charge is 2.32. The molecular weight excluding hydrogens is 298 g/mol. The molecule has 1 saturated carbocycles. The fourth-order valence-electron chi connectivity index (χ4n) is 3.28. The average Bonchev–Trinajstić information content (AvgIpc) is 2.66. The lowest BCUT2D eigenvalue weighted by molar-refractivity contribution is 0.348. The first-order chi connectivity index (χ1) is 9.27. The summed E-state index contributed by atoms with van der Waals surface area (Å²) in [6.07, 6.45) is 9.47. The first kappa shape index (κ1) is 15.1. The summed E-state index contributed by atoms with van der Waals surface area (Å²) in [5.41, 5.74) is 1.90. The molecule has 1 aliphatic carbocycles. The van der Waals surface area contributed by atoms with E-state index in [0.717, 1.165) is 13.1 Å². The highest BCUT2D eigenvalue weighted by atomic mass is 79.9. The fraction of sp³-hybridized carbons (Fsp3) is 0.647. The third kappa shape index (κ3) is 4.06. The Morgan fingerprint density at radius 3 is 2.26 bits per heavy atom. The lowest BCUT2D eigenvalue weighted by Gasteiger charge is -2.34. The van der Waals surface area contributed by atoms with Gasteiger partial charge in [-0.2, -0.15) is 0 Å². The molecule has 2 rings (SSSR count). The number of halogens is 1. The van der Waals surface area contributed by atoms with Crippen molar-refractivity contribution in [3.05, 3.63) is 34.3 Å². The maximum absolute atomic E-state index is 3.67. The molecule has 1 N–H and O–H groups in total. The second-order valence-electron chi connectivity index (χ2n) is 5.88. The van der Waals surface area contributed by atoms with Crippen LogP contribution >= 0.6 is 15.9 Å². The largest absolute Gasteiger partial charge is 0.316 e. The Kier molecular flexibility index (Phi) is 5.90. The molecule has 19 heavy (non-hydrogen) atoms. The van der Waals surface area contributed by atoms with Crippen molar-refractivity contribution >= 4 is 15.9 Å². The summed E-state index contributed by atoms with van der Waals surface area (Å²) in [5.74, 6) is 0. The van der Waals surface area contributed by atoms with Gasteiger partial charge >= 0.3 is 0 Å². The molecule has 1 aromatic rings. The van der Waals surface area contributed by atoms with E-state index in [0.29, 0.717) is 5.41 Å². The first-order valence-electron chi connectivity index (χ1n) is 7.74. The lowest BCUT2D eigenvalue weighted by atomic mass is 9.74. The molecule has 1 aliphatic rings. The SMILES string of the molecule is CCCNCC1(c2ccc(Br)cc2)CCCCCC1. The minimum atomic E-state index is 0.367. The zero-order chi connectivity index (χ0) is 13.6. The molecule has 0 heterocycles. The van der Waals surface area contributed by atoms with Crippen LogP contribution in [-0.2, 0) is 5.41 Å². The van der Waals surface area contributed by atoms with Gasteiger partial charge in [-0.1, -0.05) is 60.7 Å². The van der Waals surface area contributed by atoms with Crippen LogP contribution in [0.2, 0.25) is 0 Å². The number of rotatable bonds is 5. The van der Waals surface area contributed by atoms with Gasteiger partial charge in [-0.3, -0.25) is 0 Å². The molecular formula is C17H26BrN. The Bertz CT molecular complexity index is 363. The molecule has 1 aromatic carbocycles. The zero-order valence-corrected chi connectivity index (χ0v) is 13.6. The summed E-state index contributed by atoms with van der Waals surface area (Å²) in [6.45, 7) is 4.52. The van der Waals surface area contributed by atoms with E-state index in [-0.39, 0.29) is 0 Å². The van der Waals surface area contributed by atoms with Crippen LogP contribution in [0, 0.1) is 0 Å². The van der Waals surface area contributed by atoms with Gasteiger partial charge in [0.2, 0.25) is 0 Å². The maximum Gasteiger partial charge on any atom is 0.0175 e. The first-order valence-corrected chi connectivity index (χ1v) is 8.53. The van der Waals surface area contributed by atoms with Crippen molar-refractivity contribution in [2.24, 2.45) is 0 Å². The summed E-state index contributed by atoms with van der Waals surface area (Å²) in [6, 6.07) is 9.04. The van der Waals surface area contributed by atoms with E-state index in [1.54, 1.807) is 0 Å². The predicted octanol–water partition coefficient (Wildman–Crippen LogP) is 5.04. The Morgan fingerprint density at radius 2 is 1.68 bits per heavy atom. The fourth-order valence-corrected chi connectivity index (χ4v) is 3.55. The van der Waals surface area contributed by atoms with Gasteiger partial charge in [0.1, 0.15) is 0 Å². The van der Waals surface area contributed by atoms with E-state index in [2.05, 4.69) is 52.4 Å². The number of benzene rings is 1. The van der Waals surface area contributed by atoms with Crippen LogP contribution < -0.4 is 5.32 Å². The van der Waals surface area contributed by atoms with Crippen LogP contribution in [0.15, 0.2) is 28.7 Å². The standard InChI is InChI=1S/C17H26BrN/c1-2-13-19-14-17(11-5-3-4-6-12-17)15-7-9-16(18)10-8-15/h7-10,19H,2-6,11-14H2,1H3. The van der Waals surface area contributed by atoms with Crippen LogP contribution in [0.1, 0.15) is 57.4 Å². The Balaban J connectivity index is 2.18. The van der Waals surface area contributed by atoms with Crippen molar-refractivity contribution in [2.45, 2.75) is 57.3 Å². The van der Waals surface area contributed by atoms with E-state index in [9.17, 15) is 0 Å². The van der Waals surface area contributed by atoms with E-state index in [1.807, 2.05) is 0 Å². The van der Waals surface area contributed by atoms with Crippen molar-refractivity contribution in [3.8, 4) is 0 Å². The molecule has 1 nitrogen and oxygen atoms in total. The Labute approximate surface area is 126 Å². The molecule has 106 valence electrons. The van der Waals surface area contributed by atoms with E-state index in [4.69, 9.17) is 0 Å². The monoisotopic (exact) mass is 323 g/mol. The van der Waals surface area contributed by atoms with Gasteiger partial charge in [-0.05, 0) is 43.5 Å². The summed E-state index contributed by atoms with van der Waals surface area (Å²) in [4.78, 5) is 0. The highest BCUT2D eigenvalue weighted by Crippen LogP contribution is 2.38. The molecule has 0 radical (unpaired) electrons. The molecule has 0 aromatic heterocycles. The average molecular weight is 324 g/mol. The van der Waals surface area contributed by atoms with Gasteiger partial charge in [-0.25, -0.2) is 0 Å². The second kappa shape index (κ2) is 7.44. The molecule has 0 atom stereocenters. The lowest BCUT2D eigenvalue weighted by Crippen LogP contribution is -2.38. The number of hydrogen-bond acceptors (Lipinski definition) is 1. The van der Waals surface area contributed by atoms with E-state index >= 15 is 0 Å². The van der Waals surface area contributed by atoms with E-state index in [1.165, 1.54) is 55.0 Å². The van der Waals surface area contributed by atoms with Crippen LogP contribution in [0.25, 0.3) is 0 Å². The molecule has 0 amide bonds. The number of hydrogen-bond donors (Lipinski definition) is 1. The molecule has 0 aliphatic heterocycles. The van der Waals surface area contributed by atoms with Crippen molar-refractivity contribution in [2.75, 3.05) is 13.1 Å². The topological polar surface area (TPSA) is 12.0 Å². The van der Waals surface area contributed by atoms with Gasteiger partial charge in [0, 0.05) is 16.4 Å². The quantitative estimate of drug-likeness (QED) is 0.591. The smallest absolute Gasteiger partial charge is 0.0175 e. The van der Waals surface area contributed by atoms with Gasteiger partial charge in [0.25, 0.3) is 0 Å². The minimum absolute atomic E-state index is 0.367. The molecule has 0 bridgehead atoms. The molecule has 0 saturated heterocycles. The highest BCUT2D eigenvalue weighted by molar-refractivity contribution is 9.10. The normalized spacial score (nSPS) is 19.1. The van der Waals surface area contributed by atoms with Gasteiger partial charge in [0.05, 0.1) is 0 Å². The van der Waals surface area contributed by atoms with Crippen LogP contribution in [0.5, 0.6) is 0 Å². The molecule has 2 heteroatoms. The Hall–Kier alpha value is -0.340. The van der Waals surface area contributed by atoms with Gasteiger partial charge < -0.3 is 5.32 Å².